The minimum Gasteiger partial charge on any atom is -0.361 e. The molecule has 218 valence electrons. The Balaban J connectivity index is 0.000000658. The monoisotopic (exact) mass is 565 g/mol. The van der Waals surface area contributed by atoms with E-state index in [1.165, 1.54) is 39.0 Å². The van der Waals surface area contributed by atoms with Crippen molar-refractivity contribution in [3.05, 3.63) is 36.0 Å². The summed E-state index contributed by atoms with van der Waals surface area (Å²) in [7, 11) is -4.69. The summed E-state index contributed by atoms with van der Waals surface area (Å²) in [5, 5.41) is 8.37. The van der Waals surface area contributed by atoms with E-state index in [9.17, 15) is 28.7 Å². The molecule has 0 unspecified atom stereocenters. The Morgan fingerprint density at radius 2 is 1.77 bits per heavy atom. The van der Waals surface area contributed by atoms with E-state index >= 15 is 0 Å². The van der Waals surface area contributed by atoms with E-state index in [-0.39, 0.29) is 31.2 Å². The Hall–Kier alpha value is -2.72. The van der Waals surface area contributed by atoms with Gasteiger partial charge in [-0.2, -0.15) is 0 Å². The minimum atomic E-state index is -4.69. The van der Waals surface area contributed by atoms with Crippen molar-refractivity contribution in [3.8, 4) is 0 Å². The zero-order valence-electron chi connectivity index (χ0n) is 23.1. The number of para-hydroxylation sites is 1. The fourth-order valence-electron chi connectivity index (χ4n) is 4.48. The molecule has 1 saturated carbocycles. The van der Waals surface area contributed by atoms with Gasteiger partial charge in [-0.3, -0.25) is 18.9 Å². The Bertz CT molecular complexity index is 1120. The minimum absolute atomic E-state index is 0.0152. The van der Waals surface area contributed by atoms with Crippen molar-refractivity contribution in [2.24, 2.45) is 11.7 Å². The molecule has 2 atom stereocenters. The fraction of sp³-hybridized carbons (Fsp3) is 0.593. The van der Waals surface area contributed by atoms with Crippen molar-refractivity contribution in [2.45, 2.75) is 90.0 Å². The molecular formula is C27H44N5O6P. The summed E-state index contributed by atoms with van der Waals surface area (Å²) in [6.07, 6.45) is 8.52. The van der Waals surface area contributed by atoms with Crippen molar-refractivity contribution in [2.75, 3.05) is 6.54 Å². The molecule has 8 N–H and O–H groups in total. The van der Waals surface area contributed by atoms with E-state index in [4.69, 9.17) is 5.73 Å². The van der Waals surface area contributed by atoms with Gasteiger partial charge in [-0.05, 0) is 36.8 Å². The molecular weight excluding hydrogens is 521 g/mol. The fourth-order valence-corrected chi connectivity index (χ4v) is 5.21. The van der Waals surface area contributed by atoms with Gasteiger partial charge in [0.1, 0.15) is 11.8 Å². The molecule has 2 aromatic rings. The molecule has 11 nitrogen and oxygen atoms in total. The summed E-state index contributed by atoms with van der Waals surface area (Å²) in [6, 6.07) is 6.91. The highest BCUT2D eigenvalue weighted by Gasteiger charge is 2.34. The molecule has 1 heterocycles. The Labute approximate surface area is 230 Å². The third-order valence-corrected chi connectivity index (χ3v) is 7.66. The van der Waals surface area contributed by atoms with E-state index < -0.39 is 31.2 Å². The topological polar surface area (TPSA) is 187 Å². The third kappa shape index (κ3) is 11.9. The summed E-state index contributed by atoms with van der Waals surface area (Å²) in [6.45, 7) is 5.21. The lowest BCUT2D eigenvalue weighted by Crippen LogP contribution is -2.50. The molecule has 1 aromatic heterocycles. The first kappa shape index (κ1) is 32.5. The average molecular weight is 566 g/mol. The van der Waals surface area contributed by atoms with Gasteiger partial charge in [0.15, 0.2) is 0 Å². The third-order valence-electron chi connectivity index (χ3n) is 6.54. The number of aromatic amines is 1. The van der Waals surface area contributed by atoms with Crippen LogP contribution in [0, 0.1) is 5.92 Å². The average Bonchev–Trinajstić information content (AvgIpc) is 3.26. The summed E-state index contributed by atoms with van der Waals surface area (Å²) >= 11 is 0. The van der Waals surface area contributed by atoms with Gasteiger partial charge >= 0.3 is 7.60 Å². The van der Waals surface area contributed by atoms with Crippen LogP contribution in [-0.4, -0.2) is 56.9 Å². The van der Waals surface area contributed by atoms with Crippen molar-refractivity contribution in [1.29, 1.82) is 0 Å². The number of H-pyrrole nitrogens is 1. The number of carbonyl (C=O) groups excluding carboxylic acids is 3. The number of aromatic nitrogens is 1. The second-order valence-corrected chi connectivity index (χ2v) is 12.4. The Morgan fingerprint density at radius 3 is 2.33 bits per heavy atom. The van der Waals surface area contributed by atoms with E-state index in [0.717, 1.165) is 10.9 Å². The summed E-state index contributed by atoms with van der Waals surface area (Å²) in [5.41, 5.74) is 7.12. The van der Waals surface area contributed by atoms with Gasteiger partial charge in [0.05, 0.1) is 0 Å². The van der Waals surface area contributed by atoms with Crippen LogP contribution >= 0.6 is 7.60 Å². The van der Waals surface area contributed by atoms with Gasteiger partial charge in [-0.25, -0.2) is 0 Å². The normalized spacial score (nSPS) is 15.7. The molecule has 1 aromatic carbocycles. The predicted octanol–water partition coefficient (Wildman–Crippen LogP) is 2.67. The number of benzene rings is 1. The Morgan fingerprint density at radius 1 is 1.10 bits per heavy atom. The molecule has 3 amide bonds. The van der Waals surface area contributed by atoms with E-state index in [0.29, 0.717) is 18.0 Å². The quantitative estimate of drug-likeness (QED) is 0.204. The molecule has 0 spiro atoms. The zero-order valence-corrected chi connectivity index (χ0v) is 24.0. The van der Waals surface area contributed by atoms with Gasteiger partial charge in [-0.1, -0.05) is 51.3 Å². The molecule has 3 rings (SSSR count). The van der Waals surface area contributed by atoms with Crippen molar-refractivity contribution in [3.63, 3.8) is 0 Å². The molecule has 1 aliphatic carbocycles. The van der Waals surface area contributed by atoms with Crippen LogP contribution in [0.3, 0.4) is 0 Å². The smallest absolute Gasteiger partial charge is 0.347 e. The predicted molar refractivity (Wildman–Crippen MR) is 152 cm³/mol. The summed E-state index contributed by atoms with van der Waals surface area (Å²) < 4.78 is 12.1. The highest BCUT2D eigenvalue weighted by molar-refractivity contribution is 7.52. The first-order valence-corrected chi connectivity index (χ1v) is 15.2. The first-order valence-electron chi connectivity index (χ1n) is 13.6. The SMILES string of the molecule is CC(=O)NCCC(=O)N[C@@H](CC(C)C)C(=O)N[C@@H](Cc1c[nH]c2ccccc12)P(=O)(O)O.NC1CCCCC1. The molecule has 1 fully saturated rings. The number of hydrogen-bond acceptors (Lipinski definition) is 5. The zero-order chi connectivity index (χ0) is 29.0. The number of rotatable bonds is 11. The number of nitrogens with two attached hydrogens (primary N) is 1. The highest BCUT2D eigenvalue weighted by atomic mass is 31.2. The van der Waals surface area contributed by atoms with Crippen molar-refractivity contribution < 1.29 is 28.7 Å². The Kier molecular flexibility index (Phi) is 13.1. The number of hydrogen-bond donors (Lipinski definition) is 7. The van der Waals surface area contributed by atoms with E-state index in [2.05, 4.69) is 20.9 Å². The second kappa shape index (κ2) is 15.8. The lowest BCUT2D eigenvalue weighted by Gasteiger charge is -2.25. The maximum absolute atomic E-state index is 12.9. The van der Waals surface area contributed by atoms with Crippen LogP contribution in [0.15, 0.2) is 30.5 Å². The molecule has 1 aliphatic rings. The largest absolute Gasteiger partial charge is 0.361 e. The van der Waals surface area contributed by atoms with Crippen molar-refractivity contribution in [1.82, 2.24) is 20.9 Å². The van der Waals surface area contributed by atoms with Crippen LogP contribution in [0.25, 0.3) is 10.9 Å². The van der Waals surface area contributed by atoms with Crippen molar-refractivity contribution >= 4 is 36.2 Å². The van der Waals surface area contributed by atoms with Gasteiger partial charge in [0.2, 0.25) is 17.7 Å². The number of fused-ring (bicyclic) bond motifs is 1. The summed E-state index contributed by atoms with van der Waals surface area (Å²) in [5.74, 6) is -2.77. The van der Waals surface area contributed by atoms with Gasteiger partial charge in [0, 0.05) is 49.5 Å². The highest BCUT2D eigenvalue weighted by Crippen LogP contribution is 2.42. The van der Waals surface area contributed by atoms with Crippen LogP contribution in [0.2, 0.25) is 0 Å². The number of nitrogens with one attached hydrogen (secondary N) is 4. The van der Waals surface area contributed by atoms with Gasteiger partial charge in [0.25, 0.3) is 0 Å². The van der Waals surface area contributed by atoms with Gasteiger partial charge in [-0.15, -0.1) is 0 Å². The molecule has 0 bridgehead atoms. The molecule has 39 heavy (non-hydrogen) atoms. The number of carbonyl (C=O) groups is 3. The summed E-state index contributed by atoms with van der Waals surface area (Å²) in [4.78, 5) is 58.8. The number of amides is 3. The van der Waals surface area contributed by atoms with Crippen LogP contribution in [0.1, 0.15) is 71.3 Å². The van der Waals surface area contributed by atoms with Gasteiger partial charge < -0.3 is 36.5 Å². The molecule has 0 radical (unpaired) electrons. The van der Waals surface area contributed by atoms with Crippen LogP contribution < -0.4 is 21.7 Å². The van der Waals surface area contributed by atoms with E-state index in [1.807, 2.05) is 38.1 Å². The standard InChI is InChI=1S/C21H31N4O6P.C6H13N/c1-13(2)10-18(24-19(27)8-9-22-14(3)26)21(28)25-20(32(29,30)31)11-15-12-23-17-7-5-4-6-16(15)17;7-6-4-2-1-3-5-6/h4-7,12-13,18,20,23H,8-11H2,1-3H3,(H,22,26)(H,24,27)(H,25,28)(H2,29,30,31);6H,1-5,7H2/t18-,20+;/m0./s1. The molecule has 12 heteroatoms. The maximum Gasteiger partial charge on any atom is 0.347 e. The van der Waals surface area contributed by atoms with Crippen LogP contribution in [-0.2, 0) is 25.4 Å². The second-order valence-electron chi connectivity index (χ2n) is 10.6. The lowest BCUT2D eigenvalue weighted by atomic mass is 9.97. The first-order chi connectivity index (χ1) is 18.4. The maximum atomic E-state index is 12.9. The van der Waals surface area contributed by atoms with Crippen LogP contribution in [0.5, 0.6) is 0 Å². The molecule has 0 aliphatic heterocycles. The lowest BCUT2D eigenvalue weighted by molar-refractivity contribution is -0.129. The van der Waals surface area contributed by atoms with E-state index in [1.54, 1.807) is 6.20 Å². The molecule has 0 saturated heterocycles. The van der Waals surface area contributed by atoms with Crippen LogP contribution in [0.4, 0.5) is 0 Å².